The van der Waals surface area contributed by atoms with Crippen LogP contribution in [0.4, 0.5) is 5.69 Å². The van der Waals surface area contributed by atoms with Gasteiger partial charge < -0.3 is 15.0 Å². The average Bonchev–Trinajstić information content (AvgIpc) is 3.32. The van der Waals surface area contributed by atoms with Crippen molar-refractivity contribution in [1.82, 2.24) is 4.98 Å². The van der Waals surface area contributed by atoms with Gasteiger partial charge in [0.15, 0.2) is 0 Å². The summed E-state index contributed by atoms with van der Waals surface area (Å²) in [7, 11) is 1.62. The predicted octanol–water partition coefficient (Wildman–Crippen LogP) is 4.46. The van der Waals surface area contributed by atoms with Crippen LogP contribution < -0.4 is 10.1 Å². The number of para-hydroxylation sites is 1. The van der Waals surface area contributed by atoms with Crippen LogP contribution in [-0.4, -0.2) is 18.0 Å². The fraction of sp³-hybridized carbons (Fsp3) is 0.286. The number of hydrogen-bond donors (Lipinski definition) is 2. The second-order valence-electron chi connectivity index (χ2n) is 6.91. The standard InChI is InChI=1S/C21H22N2O2/c1-13-8-9-18(25-3)17(12-13)23-20(24)21(10-11-21)19-14(2)22-16-7-5-4-6-15(16)19/h4-9,12,22H,10-11H2,1-3H3,(H,23,24). The van der Waals surface area contributed by atoms with E-state index in [2.05, 4.69) is 29.4 Å². The van der Waals surface area contributed by atoms with E-state index in [1.54, 1.807) is 7.11 Å². The second-order valence-corrected chi connectivity index (χ2v) is 6.91. The molecule has 1 fully saturated rings. The fourth-order valence-corrected chi connectivity index (χ4v) is 3.77. The molecular weight excluding hydrogens is 312 g/mol. The summed E-state index contributed by atoms with van der Waals surface area (Å²) in [5, 5.41) is 4.25. The molecule has 2 aromatic carbocycles. The van der Waals surface area contributed by atoms with Crippen LogP contribution in [0.25, 0.3) is 10.9 Å². The molecule has 4 nitrogen and oxygen atoms in total. The van der Waals surface area contributed by atoms with Crippen molar-refractivity contribution in [2.75, 3.05) is 12.4 Å². The maximum absolute atomic E-state index is 13.2. The predicted molar refractivity (Wildman–Crippen MR) is 100 cm³/mol. The van der Waals surface area contributed by atoms with Crippen molar-refractivity contribution in [2.24, 2.45) is 0 Å². The number of ether oxygens (including phenoxy) is 1. The number of fused-ring (bicyclic) bond motifs is 1. The van der Waals surface area contributed by atoms with Crippen molar-refractivity contribution >= 4 is 22.5 Å². The van der Waals surface area contributed by atoms with Crippen LogP contribution in [0.5, 0.6) is 5.75 Å². The highest BCUT2D eigenvalue weighted by Gasteiger charge is 2.53. The van der Waals surface area contributed by atoms with Crippen LogP contribution in [0.2, 0.25) is 0 Å². The van der Waals surface area contributed by atoms with Crippen LogP contribution in [0.1, 0.15) is 29.7 Å². The summed E-state index contributed by atoms with van der Waals surface area (Å²) >= 11 is 0. The Balaban J connectivity index is 1.73. The largest absolute Gasteiger partial charge is 0.495 e. The van der Waals surface area contributed by atoms with Gasteiger partial charge in [-0.3, -0.25) is 4.79 Å². The number of aromatic amines is 1. The third-order valence-electron chi connectivity index (χ3n) is 5.16. The van der Waals surface area contributed by atoms with Crippen LogP contribution in [0.3, 0.4) is 0 Å². The molecule has 1 aliphatic carbocycles. The fourth-order valence-electron chi connectivity index (χ4n) is 3.77. The molecule has 0 aliphatic heterocycles. The maximum atomic E-state index is 13.2. The molecule has 2 N–H and O–H groups in total. The summed E-state index contributed by atoms with van der Waals surface area (Å²) in [5.41, 5.74) is 4.67. The Morgan fingerprint density at radius 1 is 1.16 bits per heavy atom. The van der Waals surface area contributed by atoms with Crippen molar-refractivity contribution in [3.8, 4) is 5.75 Å². The number of methoxy groups -OCH3 is 1. The van der Waals surface area contributed by atoms with E-state index in [-0.39, 0.29) is 5.91 Å². The molecule has 0 bridgehead atoms. The van der Waals surface area contributed by atoms with Crippen LogP contribution >= 0.6 is 0 Å². The molecule has 1 aliphatic rings. The lowest BCUT2D eigenvalue weighted by Gasteiger charge is -2.18. The minimum atomic E-state index is -0.446. The summed E-state index contributed by atoms with van der Waals surface area (Å²) in [6.07, 6.45) is 1.74. The van der Waals surface area contributed by atoms with Gasteiger partial charge in [0.1, 0.15) is 5.75 Å². The van der Waals surface area contributed by atoms with Crippen LogP contribution in [0, 0.1) is 13.8 Å². The summed E-state index contributed by atoms with van der Waals surface area (Å²) in [4.78, 5) is 16.6. The average molecular weight is 334 g/mol. The number of carbonyl (C=O) groups is 1. The highest BCUT2D eigenvalue weighted by molar-refractivity contribution is 6.05. The molecular formula is C21H22N2O2. The quantitative estimate of drug-likeness (QED) is 0.740. The van der Waals surface area contributed by atoms with Crippen molar-refractivity contribution < 1.29 is 9.53 Å². The zero-order valence-corrected chi connectivity index (χ0v) is 14.8. The molecule has 0 spiro atoms. The highest BCUT2D eigenvalue weighted by atomic mass is 16.5. The third-order valence-corrected chi connectivity index (χ3v) is 5.16. The van der Waals surface area contributed by atoms with Crippen molar-refractivity contribution in [1.29, 1.82) is 0 Å². The van der Waals surface area contributed by atoms with Gasteiger partial charge in [0.25, 0.3) is 0 Å². The molecule has 0 unspecified atom stereocenters. The molecule has 1 heterocycles. The Morgan fingerprint density at radius 2 is 1.92 bits per heavy atom. The first-order valence-corrected chi connectivity index (χ1v) is 8.59. The Hall–Kier alpha value is -2.75. The van der Waals surface area contributed by atoms with Gasteiger partial charge in [-0.1, -0.05) is 24.3 Å². The van der Waals surface area contributed by atoms with E-state index < -0.39 is 5.41 Å². The molecule has 1 amide bonds. The molecule has 3 aromatic rings. The van der Waals surface area contributed by atoms with E-state index in [0.717, 1.165) is 46.3 Å². The van der Waals surface area contributed by atoms with E-state index in [1.807, 2.05) is 37.3 Å². The molecule has 1 saturated carbocycles. The summed E-state index contributed by atoms with van der Waals surface area (Å²) < 4.78 is 5.40. The molecule has 0 radical (unpaired) electrons. The van der Waals surface area contributed by atoms with E-state index in [4.69, 9.17) is 4.74 Å². The molecule has 4 heteroatoms. The molecule has 4 rings (SSSR count). The zero-order valence-electron chi connectivity index (χ0n) is 14.8. The van der Waals surface area contributed by atoms with Crippen molar-refractivity contribution in [3.63, 3.8) is 0 Å². The van der Waals surface area contributed by atoms with Gasteiger partial charge >= 0.3 is 0 Å². The van der Waals surface area contributed by atoms with Gasteiger partial charge in [-0.15, -0.1) is 0 Å². The number of hydrogen-bond acceptors (Lipinski definition) is 2. The number of amides is 1. The van der Waals surface area contributed by atoms with Gasteiger partial charge in [0.05, 0.1) is 18.2 Å². The molecule has 25 heavy (non-hydrogen) atoms. The SMILES string of the molecule is COc1ccc(C)cc1NC(=O)C1(c2c(C)[nH]c3ccccc23)CC1. The smallest absolute Gasteiger partial charge is 0.235 e. The molecule has 0 atom stereocenters. The first-order valence-electron chi connectivity index (χ1n) is 8.59. The maximum Gasteiger partial charge on any atom is 0.235 e. The van der Waals surface area contributed by atoms with Gasteiger partial charge in [0.2, 0.25) is 5.91 Å². The van der Waals surface area contributed by atoms with Crippen LogP contribution in [0.15, 0.2) is 42.5 Å². The molecule has 0 saturated heterocycles. The van der Waals surface area contributed by atoms with Crippen molar-refractivity contribution in [2.45, 2.75) is 32.1 Å². The number of anilines is 1. The van der Waals surface area contributed by atoms with E-state index in [1.165, 1.54) is 0 Å². The Kier molecular flexibility index (Phi) is 3.57. The third kappa shape index (κ3) is 2.49. The lowest BCUT2D eigenvalue weighted by Crippen LogP contribution is -2.28. The van der Waals surface area contributed by atoms with Gasteiger partial charge in [-0.05, 0) is 56.0 Å². The lowest BCUT2D eigenvalue weighted by molar-refractivity contribution is -0.118. The summed E-state index contributed by atoms with van der Waals surface area (Å²) in [6.45, 7) is 4.06. The van der Waals surface area contributed by atoms with Gasteiger partial charge in [-0.25, -0.2) is 0 Å². The monoisotopic (exact) mass is 334 g/mol. The number of H-pyrrole nitrogens is 1. The van der Waals surface area contributed by atoms with E-state index >= 15 is 0 Å². The van der Waals surface area contributed by atoms with Gasteiger partial charge in [-0.2, -0.15) is 0 Å². The first-order chi connectivity index (χ1) is 12.0. The number of aromatic nitrogens is 1. The topological polar surface area (TPSA) is 54.1 Å². The minimum Gasteiger partial charge on any atom is -0.495 e. The Morgan fingerprint density at radius 3 is 2.64 bits per heavy atom. The summed E-state index contributed by atoms with van der Waals surface area (Å²) in [5.74, 6) is 0.731. The molecule has 1 aromatic heterocycles. The second kappa shape index (κ2) is 5.66. The Labute approximate surface area is 147 Å². The zero-order chi connectivity index (χ0) is 17.6. The van der Waals surface area contributed by atoms with Crippen LogP contribution in [-0.2, 0) is 10.2 Å². The van der Waals surface area contributed by atoms with Gasteiger partial charge in [0, 0.05) is 16.6 Å². The van der Waals surface area contributed by atoms with E-state index in [9.17, 15) is 4.79 Å². The normalized spacial score (nSPS) is 15.2. The number of benzene rings is 2. The Bertz CT molecular complexity index is 967. The number of carbonyl (C=O) groups excluding carboxylic acids is 1. The van der Waals surface area contributed by atoms with Crippen molar-refractivity contribution in [3.05, 3.63) is 59.3 Å². The number of aryl methyl sites for hydroxylation is 2. The number of rotatable bonds is 4. The minimum absolute atomic E-state index is 0.0456. The lowest BCUT2D eigenvalue weighted by atomic mass is 9.92. The highest BCUT2D eigenvalue weighted by Crippen LogP contribution is 2.52. The number of nitrogens with one attached hydrogen (secondary N) is 2. The first kappa shape index (κ1) is 15.8. The molecule has 128 valence electrons. The summed E-state index contributed by atoms with van der Waals surface area (Å²) in [6, 6.07) is 14.0. The van der Waals surface area contributed by atoms with E-state index in [0.29, 0.717) is 5.75 Å².